The fraction of sp³-hybridized carbons (Fsp3) is 0.370. The molecule has 0 amide bonds. The zero-order valence-electron chi connectivity index (χ0n) is 18.4. The Labute approximate surface area is 191 Å². The lowest BCUT2D eigenvalue weighted by Crippen LogP contribution is -2.67. The molecular formula is C27H28F3N2O+. The molecule has 0 aliphatic carbocycles. The fourth-order valence-corrected chi connectivity index (χ4v) is 6.13. The number of benzene rings is 2. The van der Waals surface area contributed by atoms with Gasteiger partial charge in [-0.1, -0.05) is 36.4 Å². The molecule has 33 heavy (non-hydrogen) atoms. The first kappa shape index (κ1) is 22.1. The number of aliphatic hydroxyl groups excluding tert-OH is 1. The number of aliphatic hydroxyl groups is 1. The molecule has 5 unspecified atom stereocenters. The van der Waals surface area contributed by atoms with E-state index in [9.17, 15) is 18.3 Å². The van der Waals surface area contributed by atoms with Gasteiger partial charge in [-0.25, -0.2) is 0 Å². The number of pyridine rings is 1. The Bertz CT molecular complexity index is 1150. The van der Waals surface area contributed by atoms with Crippen LogP contribution in [-0.4, -0.2) is 33.7 Å². The Morgan fingerprint density at radius 3 is 2.61 bits per heavy atom. The molecule has 3 saturated heterocycles. The van der Waals surface area contributed by atoms with Crippen LogP contribution in [0.4, 0.5) is 13.2 Å². The molecule has 0 saturated carbocycles. The largest absolute Gasteiger partial charge is 0.416 e. The highest BCUT2D eigenvalue weighted by molar-refractivity contribution is 5.82. The molecule has 172 valence electrons. The van der Waals surface area contributed by atoms with E-state index in [1.54, 1.807) is 18.3 Å². The number of halogens is 3. The Kier molecular flexibility index (Phi) is 5.53. The summed E-state index contributed by atoms with van der Waals surface area (Å²) in [5.41, 5.74) is 1.96. The average Bonchev–Trinajstić information content (AvgIpc) is 2.83. The number of nitrogens with zero attached hydrogens (tertiary/aromatic N) is 2. The first-order chi connectivity index (χ1) is 15.8. The predicted octanol–water partition coefficient (Wildman–Crippen LogP) is 5.90. The second kappa shape index (κ2) is 8.26. The van der Waals surface area contributed by atoms with Gasteiger partial charge in [0, 0.05) is 35.9 Å². The summed E-state index contributed by atoms with van der Waals surface area (Å²) in [5, 5.41) is 12.6. The number of hydrogen-bond donors (Lipinski definition) is 1. The van der Waals surface area contributed by atoms with Crippen LogP contribution in [0, 0.1) is 11.8 Å². The highest BCUT2D eigenvalue weighted by Crippen LogP contribution is 2.48. The van der Waals surface area contributed by atoms with E-state index in [2.05, 4.69) is 11.6 Å². The summed E-state index contributed by atoms with van der Waals surface area (Å²) in [7, 11) is 0. The standard InChI is InChI=1S/C27H28F3N2O/c1-2-19-17-32(16-18-7-9-21(10-8-18)27(28,29)30)14-12-20(19)15-25(32)26(33)23-11-13-31-24-6-4-3-5-22(23)24/h2-11,13,19-20,25-26,33H,1,12,14-17H2/q+1. The molecule has 0 spiro atoms. The number of aromatic nitrogens is 1. The van der Waals surface area contributed by atoms with E-state index in [0.717, 1.165) is 60.1 Å². The normalized spacial score (nSPS) is 28.1. The SMILES string of the molecule is C=CC1C[N+]2(Cc3ccc(C(F)(F)F)cc3)CCC1CC2C(O)c1ccnc2ccccc12. The van der Waals surface area contributed by atoms with E-state index >= 15 is 0 Å². The quantitative estimate of drug-likeness (QED) is 0.386. The van der Waals surface area contributed by atoms with Gasteiger partial charge in [-0.15, -0.1) is 6.58 Å². The van der Waals surface area contributed by atoms with Gasteiger partial charge in [0.05, 0.1) is 24.2 Å². The molecule has 3 fully saturated rings. The van der Waals surface area contributed by atoms with Crippen LogP contribution in [0.2, 0.25) is 0 Å². The Morgan fingerprint density at radius 1 is 1.12 bits per heavy atom. The smallest absolute Gasteiger partial charge is 0.382 e. The van der Waals surface area contributed by atoms with Crippen molar-refractivity contribution < 1.29 is 22.8 Å². The van der Waals surface area contributed by atoms with Crippen molar-refractivity contribution in [3.05, 3.63) is 90.1 Å². The Morgan fingerprint density at radius 2 is 1.88 bits per heavy atom. The van der Waals surface area contributed by atoms with E-state index < -0.39 is 17.8 Å². The lowest BCUT2D eigenvalue weighted by molar-refractivity contribution is -0.984. The summed E-state index contributed by atoms with van der Waals surface area (Å²) >= 11 is 0. The molecule has 0 radical (unpaired) electrons. The zero-order valence-corrected chi connectivity index (χ0v) is 18.4. The van der Waals surface area contributed by atoms with Crippen LogP contribution in [0.1, 0.15) is 35.6 Å². The van der Waals surface area contributed by atoms with Crippen LogP contribution in [-0.2, 0) is 12.7 Å². The van der Waals surface area contributed by atoms with Crippen molar-refractivity contribution in [2.75, 3.05) is 13.1 Å². The molecule has 5 atom stereocenters. The number of quaternary nitrogens is 1. The van der Waals surface area contributed by atoms with Crippen LogP contribution < -0.4 is 0 Å². The van der Waals surface area contributed by atoms with Gasteiger partial charge in [0.1, 0.15) is 18.7 Å². The molecule has 6 rings (SSSR count). The average molecular weight is 454 g/mol. The topological polar surface area (TPSA) is 33.1 Å². The molecule has 4 heterocycles. The second-order valence-electron chi connectivity index (χ2n) is 9.59. The maximum Gasteiger partial charge on any atom is 0.416 e. The van der Waals surface area contributed by atoms with Gasteiger partial charge in [-0.3, -0.25) is 4.98 Å². The molecule has 6 heteroatoms. The van der Waals surface area contributed by atoms with Crippen LogP contribution >= 0.6 is 0 Å². The molecule has 3 nitrogen and oxygen atoms in total. The van der Waals surface area contributed by atoms with Crippen molar-refractivity contribution in [1.82, 2.24) is 4.98 Å². The molecule has 1 N–H and O–H groups in total. The summed E-state index contributed by atoms with van der Waals surface area (Å²) in [6, 6.07) is 15.2. The summed E-state index contributed by atoms with van der Waals surface area (Å²) in [6.07, 6.45) is 0.648. The highest BCUT2D eigenvalue weighted by atomic mass is 19.4. The number of para-hydroxylation sites is 1. The summed E-state index contributed by atoms with van der Waals surface area (Å²) in [6.45, 7) is 6.39. The van der Waals surface area contributed by atoms with Gasteiger partial charge in [-0.2, -0.15) is 13.2 Å². The lowest BCUT2D eigenvalue weighted by atomic mass is 9.71. The molecular weight excluding hydrogens is 425 g/mol. The first-order valence-corrected chi connectivity index (χ1v) is 11.5. The second-order valence-corrected chi connectivity index (χ2v) is 9.59. The van der Waals surface area contributed by atoms with Gasteiger partial charge in [0.2, 0.25) is 0 Å². The summed E-state index contributed by atoms with van der Waals surface area (Å²) in [5.74, 6) is 0.827. The molecule has 2 bridgehead atoms. The summed E-state index contributed by atoms with van der Waals surface area (Å²) in [4.78, 5) is 4.43. The minimum absolute atomic E-state index is 0.0342. The van der Waals surface area contributed by atoms with E-state index in [-0.39, 0.29) is 6.04 Å². The molecule has 3 aromatic rings. The van der Waals surface area contributed by atoms with Crippen molar-refractivity contribution in [1.29, 1.82) is 0 Å². The van der Waals surface area contributed by atoms with E-state index in [0.29, 0.717) is 22.9 Å². The molecule has 3 aliphatic heterocycles. The third kappa shape index (κ3) is 3.96. The highest BCUT2D eigenvalue weighted by Gasteiger charge is 2.54. The first-order valence-electron chi connectivity index (χ1n) is 11.5. The summed E-state index contributed by atoms with van der Waals surface area (Å²) < 4.78 is 39.8. The van der Waals surface area contributed by atoms with E-state index in [4.69, 9.17) is 0 Å². The third-order valence-electron chi connectivity index (χ3n) is 7.82. The number of rotatable bonds is 5. The molecule has 1 aromatic heterocycles. The predicted molar refractivity (Wildman–Crippen MR) is 122 cm³/mol. The van der Waals surface area contributed by atoms with Crippen molar-refractivity contribution in [3.63, 3.8) is 0 Å². The van der Waals surface area contributed by atoms with Crippen LogP contribution in [0.15, 0.2) is 73.4 Å². The number of fused-ring (bicyclic) bond motifs is 4. The van der Waals surface area contributed by atoms with Crippen LogP contribution in [0.5, 0.6) is 0 Å². The van der Waals surface area contributed by atoms with Gasteiger partial charge in [-0.05, 0) is 35.7 Å². The minimum Gasteiger partial charge on any atom is -0.382 e. The number of alkyl halides is 3. The molecule has 3 aliphatic rings. The Balaban J connectivity index is 1.51. The van der Waals surface area contributed by atoms with E-state index in [1.807, 2.05) is 36.4 Å². The Hall–Kier alpha value is -2.70. The fourth-order valence-electron chi connectivity index (χ4n) is 6.13. The monoisotopic (exact) mass is 453 g/mol. The number of hydrogen-bond acceptors (Lipinski definition) is 2. The van der Waals surface area contributed by atoms with Gasteiger partial charge in [0.25, 0.3) is 0 Å². The van der Waals surface area contributed by atoms with Crippen LogP contribution in [0.3, 0.4) is 0 Å². The van der Waals surface area contributed by atoms with Crippen molar-refractivity contribution >= 4 is 10.9 Å². The van der Waals surface area contributed by atoms with Gasteiger partial charge >= 0.3 is 6.18 Å². The van der Waals surface area contributed by atoms with Gasteiger partial charge < -0.3 is 9.59 Å². The molecule has 2 aromatic carbocycles. The third-order valence-corrected chi connectivity index (χ3v) is 7.82. The van der Waals surface area contributed by atoms with Crippen molar-refractivity contribution in [2.24, 2.45) is 11.8 Å². The minimum atomic E-state index is -4.34. The van der Waals surface area contributed by atoms with E-state index in [1.165, 1.54) is 0 Å². The zero-order chi connectivity index (χ0) is 23.2. The van der Waals surface area contributed by atoms with Gasteiger partial charge in [0.15, 0.2) is 0 Å². The van der Waals surface area contributed by atoms with Crippen LogP contribution in [0.25, 0.3) is 10.9 Å². The van der Waals surface area contributed by atoms with Crippen molar-refractivity contribution in [3.8, 4) is 0 Å². The number of piperidine rings is 3. The maximum atomic E-state index is 13.1. The van der Waals surface area contributed by atoms with Crippen molar-refractivity contribution in [2.45, 2.75) is 37.7 Å². The maximum absolute atomic E-state index is 13.1. The lowest BCUT2D eigenvalue weighted by Gasteiger charge is -2.58.